The minimum atomic E-state index is -0.230. The molecule has 5 heteroatoms. The average Bonchev–Trinajstić information content (AvgIpc) is 2.69. The zero-order chi connectivity index (χ0) is 18.2. The van der Waals surface area contributed by atoms with Crippen LogP contribution < -0.4 is 10.1 Å². The van der Waals surface area contributed by atoms with E-state index in [2.05, 4.69) is 10.3 Å². The van der Waals surface area contributed by atoms with Crippen LogP contribution in [0.5, 0.6) is 5.75 Å². The first-order valence-corrected chi connectivity index (χ1v) is 8.73. The number of amides is 1. The van der Waals surface area contributed by atoms with E-state index < -0.39 is 0 Å². The molecular formula is C21H19ClN2O2. The summed E-state index contributed by atoms with van der Waals surface area (Å²) in [4.78, 5) is 16.5. The number of carbonyl (C=O) groups excluding carboxylic acids is 1. The Balaban J connectivity index is 1.63. The monoisotopic (exact) mass is 366 g/mol. The molecule has 26 heavy (non-hydrogen) atoms. The number of para-hydroxylation sites is 1. The van der Waals surface area contributed by atoms with Crippen molar-refractivity contribution in [3.8, 4) is 5.75 Å². The van der Waals surface area contributed by atoms with E-state index in [1.54, 1.807) is 24.5 Å². The Morgan fingerprint density at radius 1 is 0.962 bits per heavy atom. The Kier molecular flexibility index (Phi) is 6.23. The van der Waals surface area contributed by atoms with Gasteiger partial charge in [-0.2, -0.15) is 0 Å². The van der Waals surface area contributed by atoms with Crippen LogP contribution in [-0.2, 0) is 4.79 Å². The number of ether oxygens (including phenoxy) is 1. The van der Waals surface area contributed by atoms with Gasteiger partial charge in [-0.25, -0.2) is 0 Å². The van der Waals surface area contributed by atoms with Gasteiger partial charge in [0.05, 0.1) is 24.1 Å². The molecule has 0 bridgehead atoms. The molecule has 1 aromatic heterocycles. The van der Waals surface area contributed by atoms with Crippen molar-refractivity contribution in [2.45, 2.75) is 12.5 Å². The van der Waals surface area contributed by atoms with Crippen LogP contribution in [0.25, 0.3) is 0 Å². The molecule has 0 aliphatic carbocycles. The van der Waals surface area contributed by atoms with Gasteiger partial charge in [0.15, 0.2) is 0 Å². The van der Waals surface area contributed by atoms with Crippen LogP contribution >= 0.6 is 11.6 Å². The molecule has 0 saturated carbocycles. The fourth-order valence-corrected chi connectivity index (χ4v) is 2.80. The second kappa shape index (κ2) is 9.02. The van der Waals surface area contributed by atoms with E-state index in [1.165, 1.54) is 0 Å². The van der Waals surface area contributed by atoms with Crippen molar-refractivity contribution in [1.29, 1.82) is 0 Å². The fraction of sp³-hybridized carbons (Fsp3) is 0.143. The molecule has 1 heterocycles. The topological polar surface area (TPSA) is 51.2 Å². The summed E-state index contributed by atoms with van der Waals surface area (Å²) in [5.41, 5.74) is 1.99. The lowest BCUT2D eigenvalue weighted by Crippen LogP contribution is -2.30. The van der Waals surface area contributed by atoms with Gasteiger partial charge in [0.1, 0.15) is 5.75 Å². The highest BCUT2D eigenvalue weighted by Crippen LogP contribution is 2.24. The maximum atomic E-state index is 12.4. The van der Waals surface area contributed by atoms with Gasteiger partial charge >= 0.3 is 0 Å². The van der Waals surface area contributed by atoms with Crippen molar-refractivity contribution in [3.63, 3.8) is 0 Å². The van der Waals surface area contributed by atoms with Crippen LogP contribution in [0.1, 0.15) is 23.6 Å². The molecule has 1 unspecified atom stereocenters. The number of pyridine rings is 1. The van der Waals surface area contributed by atoms with E-state index in [4.69, 9.17) is 16.3 Å². The molecule has 3 rings (SSSR count). The number of rotatable bonds is 7. The minimum absolute atomic E-state index is 0.0947. The highest BCUT2D eigenvalue weighted by atomic mass is 35.5. The van der Waals surface area contributed by atoms with Crippen LogP contribution in [0.3, 0.4) is 0 Å². The summed E-state index contributed by atoms with van der Waals surface area (Å²) in [5.74, 6) is 0.485. The number of halogens is 1. The number of nitrogens with zero attached hydrogens (tertiary/aromatic N) is 1. The minimum Gasteiger partial charge on any atom is -0.491 e. The second-order valence-corrected chi connectivity index (χ2v) is 6.13. The number of hydrogen-bond acceptors (Lipinski definition) is 3. The van der Waals surface area contributed by atoms with Gasteiger partial charge in [-0.05, 0) is 35.4 Å². The second-order valence-electron chi connectivity index (χ2n) is 5.72. The summed E-state index contributed by atoms with van der Waals surface area (Å²) in [7, 11) is 0. The van der Waals surface area contributed by atoms with Gasteiger partial charge in [-0.1, -0.05) is 54.1 Å². The van der Waals surface area contributed by atoms with Crippen LogP contribution in [-0.4, -0.2) is 17.5 Å². The third-order valence-corrected chi connectivity index (χ3v) is 4.21. The summed E-state index contributed by atoms with van der Waals surface area (Å²) in [6, 6.07) is 20.6. The van der Waals surface area contributed by atoms with Crippen LogP contribution in [0.4, 0.5) is 0 Å². The maximum Gasteiger partial charge on any atom is 0.224 e. The maximum absolute atomic E-state index is 12.4. The highest BCUT2D eigenvalue weighted by Gasteiger charge is 2.16. The molecule has 1 atom stereocenters. The van der Waals surface area contributed by atoms with E-state index in [9.17, 15) is 4.79 Å². The van der Waals surface area contributed by atoms with Gasteiger partial charge in [-0.15, -0.1) is 0 Å². The first kappa shape index (κ1) is 18.0. The molecule has 0 aliphatic rings. The lowest BCUT2D eigenvalue weighted by molar-refractivity contribution is -0.122. The van der Waals surface area contributed by atoms with Gasteiger partial charge in [0.2, 0.25) is 5.91 Å². The summed E-state index contributed by atoms with van der Waals surface area (Å²) in [6.45, 7) is 0.257. The van der Waals surface area contributed by atoms with Crippen molar-refractivity contribution < 1.29 is 9.53 Å². The molecule has 0 radical (unpaired) electrons. The van der Waals surface area contributed by atoms with E-state index >= 15 is 0 Å². The summed E-state index contributed by atoms with van der Waals surface area (Å²) in [6.07, 6.45) is 3.68. The summed E-state index contributed by atoms with van der Waals surface area (Å²) >= 11 is 6.05. The van der Waals surface area contributed by atoms with Gasteiger partial charge in [0.25, 0.3) is 0 Å². The van der Waals surface area contributed by atoms with E-state index in [-0.39, 0.29) is 25.0 Å². The molecule has 0 fully saturated rings. The molecule has 4 nitrogen and oxygen atoms in total. The smallest absolute Gasteiger partial charge is 0.224 e. The van der Waals surface area contributed by atoms with Crippen molar-refractivity contribution in [3.05, 3.63) is 95.3 Å². The van der Waals surface area contributed by atoms with Crippen LogP contribution in [0.2, 0.25) is 5.02 Å². The number of hydrogen-bond donors (Lipinski definition) is 1. The van der Waals surface area contributed by atoms with Gasteiger partial charge < -0.3 is 10.1 Å². The molecule has 132 valence electrons. The average molecular weight is 367 g/mol. The van der Waals surface area contributed by atoms with E-state index in [1.807, 2.05) is 54.6 Å². The number of aromatic nitrogens is 1. The SMILES string of the molecule is O=C(CCOc1ccccc1Cl)NC(c1ccccc1)c1ccncc1. The molecule has 0 aliphatic heterocycles. The Labute approximate surface area is 157 Å². The number of benzene rings is 2. The first-order chi connectivity index (χ1) is 12.7. The van der Waals surface area contributed by atoms with Crippen molar-refractivity contribution in [1.82, 2.24) is 10.3 Å². The molecule has 3 aromatic rings. The summed E-state index contributed by atoms with van der Waals surface area (Å²) in [5, 5.41) is 3.60. The largest absolute Gasteiger partial charge is 0.491 e. The standard InChI is InChI=1S/C21H19ClN2O2/c22-18-8-4-5-9-19(18)26-15-12-20(25)24-21(16-6-2-1-3-7-16)17-10-13-23-14-11-17/h1-11,13-14,21H,12,15H2,(H,24,25). The predicted molar refractivity (Wildman–Crippen MR) is 102 cm³/mol. The molecule has 2 aromatic carbocycles. The van der Waals surface area contributed by atoms with E-state index in [0.29, 0.717) is 10.8 Å². The van der Waals surface area contributed by atoms with Gasteiger partial charge in [0, 0.05) is 12.4 Å². The molecule has 1 N–H and O–H groups in total. The van der Waals surface area contributed by atoms with E-state index in [0.717, 1.165) is 11.1 Å². The molecular weight excluding hydrogens is 348 g/mol. The molecule has 0 spiro atoms. The van der Waals surface area contributed by atoms with Crippen molar-refractivity contribution in [2.75, 3.05) is 6.61 Å². The quantitative estimate of drug-likeness (QED) is 0.673. The molecule has 0 saturated heterocycles. The fourth-order valence-electron chi connectivity index (χ4n) is 2.61. The highest BCUT2D eigenvalue weighted by molar-refractivity contribution is 6.32. The first-order valence-electron chi connectivity index (χ1n) is 8.35. The lowest BCUT2D eigenvalue weighted by Gasteiger charge is -2.20. The number of nitrogens with one attached hydrogen (secondary N) is 1. The summed E-state index contributed by atoms with van der Waals surface area (Å²) < 4.78 is 5.60. The third-order valence-electron chi connectivity index (χ3n) is 3.90. The van der Waals surface area contributed by atoms with Crippen LogP contribution in [0.15, 0.2) is 79.1 Å². The Hall–Kier alpha value is -2.85. The normalized spacial score (nSPS) is 11.6. The molecule has 1 amide bonds. The lowest BCUT2D eigenvalue weighted by atomic mass is 9.99. The Morgan fingerprint density at radius 3 is 2.35 bits per heavy atom. The Bertz CT molecular complexity index is 801. The number of carbonyl (C=O) groups is 1. The van der Waals surface area contributed by atoms with Crippen molar-refractivity contribution in [2.24, 2.45) is 0 Å². The Morgan fingerprint density at radius 2 is 1.62 bits per heavy atom. The zero-order valence-corrected chi connectivity index (χ0v) is 14.9. The van der Waals surface area contributed by atoms with Crippen molar-refractivity contribution >= 4 is 17.5 Å². The zero-order valence-electron chi connectivity index (χ0n) is 14.1. The predicted octanol–water partition coefficient (Wildman–Crippen LogP) is 4.41. The van der Waals surface area contributed by atoms with Gasteiger partial charge in [-0.3, -0.25) is 9.78 Å². The third kappa shape index (κ3) is 4.83. The van der Waals surface area contributed by atoms with Crippen LogP contribution in [0, 0.1) is 0 Å².